The molecule has 0 aromatic heterocycles. The molecule has 0 aromatic carbocycles. The third-order valence-corrected chi connectivity index (χ3v) is 3.07. The summed E-state index contributed by atoms with van der Waals surface area (Å²) in [5.41, 5.74) is 0. The zero-order valence-corrected chi connectivity index (χ0v) is 8.64. The van der Waals surface area contributed by atoms with E-state index in [-0.39, 0.29) is 0 Å². The van der Waals surface area contributed by atoms with Crippen LogP contribution in [0, 0.1) is 0 Å². The number of nitrogens with one attached hydrogen (secondary N) is 1. The highest BCUT2D eigenvalue weighted by molar-refractivity contribution is 7.90. The predicted octanol–water partition coefficient (Wildman–Crippen LogP) is -2.72. The van der Waals surface area contributed by atoms with Gasteiger partial charge in [-0.05, 0) is 0 Å². The lowest BCUT2D eigenvalue weighted by Gasteiger charge is -2.02. The molecule has 0 unspecified atom stereocenters. The van der Waals surface area contributed by atoms with Crippen molar-refractivity contribution in [1.82, 2.24) is 4.72 Å². The molecule has 0 fully saturated rings. The molecule has 0 heterocycles. The highest BCUT2D eigenvalue weighted by atomic mass is 32.2. The Morgan fingerprint density at radius 1 is 1.29 bits per heavy atom. The first kappa shape index (κ1) is 13.3. The van der Waals surface area contributed by atoms with Crippen LogP contribution >= 0.6 is 0 Å². The Hall–Kier alpha value is -0.710. The summed E-state index contributed by atoms with van der Waals surface area (Å²) in [5, 5.41) is 12.7. The molecule has 0 atom stereocenters. The van der Waals surface area contributed by atoms with Gasteiger partial charge < -0.3 is 5.11 Å². The van der Waals surface area contributed by atoms with Crippen LogP contribution in [0.15, 0.2) is 0 Å². The molecule has 8 nitrogen and oxygen atoms in total. The van der Waals surface area contributed by atoms with E-state index in [2.05, 4.69) is 5.14 Å². The molecule has 84 valence electrons. The second-order valence-corrected chi connectivity index (χ2v) is 5.95. The molecule has 14 heavy (non-hydrogen) atoms. The fourth-order valence-electron chi connectivity index (χ4n) is 0.553. The third-order valence-electron chi connectivity index (χ3n) is 1.02. The van der Waals surface area contributed by atoms with Gasteiger partial charge in [0.15, 0.2) is 5.75 Å². The summed E-state index contributed by atoms with van der Waals surface area (Å²) in [6.45, 7) is -0.436. The largest absolute Gasteiger partial charge is 0.480 e. The third kappa shape index (κ3) is 7.91. The number of sulfonamides is 2. The molecule has 0 saturated carbocycles. The lowest BCUT2D eigenvalue weighted by atomic mass is 10.8. The van der Waals surface area contributed by atoms with Crippen molar-refractivity contribution in [3.05, 3.63) is 0 Å². The van der Waals surface area contributed by atoms with Gasteiger partial charge in [0, 0.05) is 6.54 Å². The van der Waals surface area contributed by atoms with Crippen LogP contribution in [0.1, 0.15) is 0 Å². The fraction of sp³-hybridized carbons (Fsp3) is 0.750. The number of primary sulfonamides is 1. The number of hydrogen-bond donors (Lipinski definition) is 3. The number of carbonyl (C=O) groups is 1. The van der Waals surface area contributed by atoms with Crippen molar-refractivity contribution in [3.63, 3.8) is 0 Å². The highest BCUT2D eigenvalue weighted by Crippen LogP contribution is 1.84. The number of rotatable bonds is 6. The van der Waals surface area contributed by atoms with E-state index >= 15 is 0 Å². The Morgan fingerprint density at radius 3 is 2.14 bits per heavy atom. The molecule has 0 bridgehead atoms. The van der Waals surface area contributed by atoms with E-state index in [0.717, 1.165) is 0 Å². The van der Waals surface area contributed by atoms with Gasteiger partial charge in [0.1, 0.15) is 0 Å². The molecule has 4 N–H and O–H groups in total. The first-order valence-electron chi connectivity index (χ1n) is 3.32. The van der Waals surface area contributed by atoms with Gasteiger partial charge in [-0.15, -0.1) is 0 Å². The molecule has 0 saturated heterocycles. The summed E-state index contributed by atoms with van der Waals surface area (Å²) in [6, 6.07) is 0. The summed E-state index contributed by atoms with van der Waals surface area (Å²) >= 11 is 0. The van der Waals surface area contributed by atoms with Crippen LogP contribution in [0.4, 0.5) is 0 Å². The molecule has 0 aromatic rings. The average Bonchev–Trinajstić information content (AvgIpc) is 1.78. The summed E-state index contributed by atoms with van der Waals surface area (Å²) in [7, 11) is -7.72. The second-order valence-electron chi connectivity index (χ2n) is 2.41. The maximum absolute atomic E-state index is 10.8. The molecule has 0 aliphatic rings. The highest BCUT2D eigenvalue weighted by Gasteiger charge is 2.15. The Labute approximate surface area is 81.2 Å². The number of nitrogens with two attached hydrogens (primary N) is 1. The van der Waals surface area contributed by atoms with Crippen LogP contribution in [-0.4, -0.2) is 46.0 Å². The maximum Gasteiger partial charge on any atom is 0.320 e. The number of hydrogen-bond acceptors (Lipinski definition) is 5. The van der Waals surface area contributed by atoms with E-state index in [1.165, 1.54) is 0 Å². The topological polar surface area (TPSA) is 144 Å². The van der Waals surface area contributed by atoms with Gasteiger partial charge in [-0.2, -0.15) is 0 Å². The van der Waals surface area contributed by atoms with E-state index in [1.807, 2.05) is 0 Å². The summed E-state index contributed by atoms with van der Waals surface area (Å²) in [4.78, 5) is 10.0. The molecule has 0 aliphatic carbocycles. The van der Waals surface area contributed by atoms with Crippen molar-refractivity contribution in [2.75, 3.05) is 18.1 Å². The van der Waals surface area contributed by atoms with Gasteiger partial charge in [0.25, 0.3) is 0 Å². The minimum absolute atomic E-state index is 0.436. The van der Waals surface area contributed by atoms with Crippen LogP contribution < -0.4 is 9.86 Å². The standard InChI is InChI=1S/C4H10N2O6S2/c5-13(9,10)2-1-6-14(11,12)3-4(7)8/h6H,1-3H2,(H,7,8)(H2,5,9,10). The van der Waals surface area contributed by atoms with E-state index in [1.54, 1.807) is 4.72 Å². The summed E-state index contributed by atoms with van der Waals surface area (Å²) in [6.07, 6.45) is 0. The Balaban J connectivity index is 4.08. The zero-order chi connectivity index (χ0) is 11.4. The molecule has 10 heteroatoms. The Kier molecular flexibility index (Phi) is 4.45. The van der Waals surface area contributed by atoms with E-state index in [9.17, 15) is 21.6 Å². The first-order valence-corrected chi connectivity index (χ1v) is 6.69. The van der Waals surface area contributed by atoms with Gasteiger partial charge in [0.2, 0.25) is 20.0 Å². The van der Waals surface area contributed by atoms with Gasteiger partial charge in [0.05, 0.1) is 5.75 Å². The monoisotopic (exact) mass is 246 g/mol. The van der Waals surface area contributed by atoms with Crippen molar-refractivity contribution in [2.45, 2.75) is 0 Å². The number of aliphatic carboxylic acids is 1. The second kappa shape index (κ2) is 4.68. The van der Waals surface area contributed by atoms with Crippen molar-refractivity contribution in [1.29, 1.82) is 0 Å². The first-order chi connectivity index (χ1) is 6.12. The van der Waals surface area contributed by atoms with Crippen LogP contribution in [-0.2, 0) is 24.8 Å². The molecule has 0 amide bonds. The van der Waals surface area contributed by atoms with Gasteiger partial charge in [-0.25, -0.2) is 26.7 Å². The smallest absolute Gasteiger partial charge is 0.320 e. The van der Waals surface area contributed by atoms with Crippen LogP contribution in [0.25, 0.3) is 0 Å². The average molecular weight is 246 g/mol. The van der Waals surface area contributed by atoms with Crippen LogP contribution in [0.5, 0.6) is 0 Å². The fourth-order valence-corrected chi connectivity index (χ4v) is 1.91. The maximum atomic E-state index is 10.8. The summed E-state index contributed by atoms with van der Waals surface area (Å²) in [5.74, 6) is -3.20. The minimum Gasteiger partial charge on any atom is -0.480 e. The lowest BCUT2D eigenvalue weighted by Crippen LogP contribution is -2.34. The van der Waals surface area contributed by atoms with Crippen LogP contribution in [0.3, 0.4) is 0 Å². The van der Waals surface area contributed by atoms with Crippen molar-refractivity contribution in [3.8, 4) is 0 Å². The molecular weight excluding hydrogens is 236 g/mol. The minimum atomic E-state index is -3.97. The predicted molar refractivity (Wildman–Crippen MR) is 47.4 cm³/mol. The van der Waals surface area contributed by atoms with Crippen LogP contribution in [0.2, 0.25) is 0 Å². The van der Waals surface area contributed by atoms with E-state index < -0.39 is 44.1 Å². The van der Waals surface area contributed by atoms with E-state index in [4.69, 9.17) is 5.11 Å². The van der Waals surface area contributed by atoms with Gasteiger partial charge in [-0.3, -0.25) is 4.79 Å². The van der Waals surface area contributed by atoms with Crippen molar-refractivity contribution < 1.29 is 26.7 Å². The molecule has 0 aliphatic heterocycles. The molecule has 0 radical (unpaired) electrons. The van der Waals surface area contributed by atoms with Gasteiger partial charge >= 0.3 is 5.97 Å². The van der Waals surface area contributed by atoms with Gasteiger partial charge in [-0.1, -0.05) is 0 Å². The normalized spacial score (nSPS) is 12.6. The number of carboxylic acid groups (broad SMARTS) is 1. The van der Waals surface area contributed by atoms with Crippen molar-refractivity contribution in [2.24, 2.45) is 5.14 Å². The molecular formula is C4H10N2O6S2. The zero-order valence-electron chi connectivity index (χ0n) is 7.00. The molecule has 0 spiro atoms. The quantitative estimate of drug-likeness (QED) is 0.464. The summed E-state index contributed by atoms with van der Waals surface area (Å²) < 4.78 is 44.1. The lowest BCUT2D eigenvalue weighted by molar-refractivity contribution is -0.134. The Morgan fingerprint density at radius 2 is 1.79 bits per heavy atom. The van der Waals surface area contributed by atoms with Crippen molar-refractivity contribution >= 4 is 26.0 Å². The van der Waals surface area contributed by atoms with E-state index in [0.29, 0.717) is 0 Å². The Bertz CT molecular complexity index is 396. The molecule has 0 rings (SSSR count). The SMILES string of the molecule is NS(=O)(=O)CCNS(=O)(=O)CC(=O)O. The number of carboxylic acids is 1.